The SMILES string of the molecule is CCc1ccc([C@](O)(CC(C)C)[C@@H](CN2CCOCC2)c2ccc(Cl)cc2)cc1. The van der Waals surface area contributed by atoms with Gasteiger partial charge < -0.3 is 9.84 Å². The molecular formula is C25H34ClNO2. The Labute approximate surface area is 180 Å². The third-order valence-electron chi connectivity index (χ3n) is 5.97. The second-order valence-corrected chi connectivity index (χ2v) is 9.03. The summed E-state index contributed by atoms with van der Waals surface area (Å²) >= 11 is 6.17. The predicted molar refractivity (Wildman–Crippen MR) is 121 cm³/mol. The fourth-order valence-corrected chi connectivity index (χ4v) is 4.51. The lowest BCUT2D eigenvalue weighted by Crippen LogP contribution is -2.45. The topological polar surface area (TPSA) is 32.7 Å². The van der Waals surface area contributed by atoms with Crippen molar-refractivity contribution in [3.05, 3.63) is 70.2 Å². The fourth-order valence-electron chi connectivity index (χ4n) is 4.38. The first kappa shape index (κ1) is 22.3. The molecule has 0 radical (unpaired) electrons. The number of benzene rings is 2. The normalized spacial score (nSPS) is 18.6. The highest BCUT2D eigenvalue weighted by Crippen LogP contribution is 2.43. The molecule has 2 aromatic carbocycles. The predicted octanol–water partition coefficient (Wildman–Crippen LogP) is 5.25. The van der Waals surface area contributed by atoms with Crippen LogP contribution in [0.2, 0.25) is 5.02 Å². The molecule has 1 saturated heterocycles. The van der Waals surface area contributed by atoms with E-state index in [4.69, 9.17) is 16.3 Å². The molecule has 1 N–H and O–H groups in total. The summed E-state index contributed by atoms with van der Waals surface area (Å²) in [7, 11) is 0. The van der Waals surface area contributed by atoms with E-state index in [9.17, 15) is 5.11 Å². The molecule has 4 heteroatoms. The van der Waals surface area contributed by atoms with Crippen molar-refractivity contribution in [3.8, 4) is 0 Å². The molecule has 0 aromatic heterocycles. The number of halogens is 1. The Morgan fingerprint density at radius 2 is 1.66 bits per heavy atom. The number of aliphatic hydroxyl groups is 1. The summed E-state index contributed by atoms with van der Waals surface area (Å²) in [5.74, 6) is 0.318. The minimum atomic E-state index is -0.952. The van der Waals surface area contributed by atoms with Crippen molar-refractivity contribution in [1.82, 2.24) is 4.90 Å². The number of rotatable bonds is 8. The van der Waals surface area contributed by atoms with Crippen LogP contribution in [-0.4, -0.2) is 42.9 Å². The molecule has 158 valence electrons. The monoisotopic (exact) mass is 415 g/mol. The molecule has 0 amide bonds. The average Bonchev–Trinajstić information content (AvgIpc) is 2.73. The standard InChI is InChI=1S/C25H34ClNO2/c1-4-20-5-9-22(10-6-20)25(28,17-19(2)3)24(18-27-13-15-29-16-14-27)21-7-11-23(26)12-8-21/h5-12,19,24,28H,4,13-18H2,1-3H3/t24-,25+/m0/s1. The number of hydrogen-bond acceptors (Lipinski definition) is 3. The smallest absolute Gasteiger partial charge is 0.0979 e. The first-order chi connectivity index (χ1) is 13.9. The van der Waals surface area contributed by atoms with Crippen molar-refractivity contribution in [2.75, 3.05) is 32.8 Å². The zero-order valence-electron chi connectivity index (χ0n) is 17.9. The summed E-state index contributed by atoms with van der Waals surface area (Å²) in [6, 6.07) is 16.5. The van der Waals surface area contributed by atoms with Gasteiger partial charge >= 0.3 is 0 Å². The minimum Gasteiger partial charge on any atom is -0.384 e. The highest BCUT2D eigenvalue weighted by molar-refractivity contribution is 6.30. The highest BCUT2D eigenvalue weighted by Gasteiger charge is 2.41. The first-order valence-electron chi connectivity index (χ1n) is 10.8. The number of hydrogen-bond donors (Lipinski definition) is 1. The zero-order valence-corrected chi connectivity index (χ0v) is 18.7. The Bertz CT molecular complexity index is 753. The Hall–Kier alpha value is -1.39. The van der Waals surface area contributed by atoms with Crippen molar-refractivity contribution in [2.45, 2.75) is 45.1 Å². The maximum absolute atomic E-state index is 12.2. The van der Waals surface area contributed by atoms with E-state index < -0.39 is 5.60 Å². The van der Waals surface area contributed by atoms with E-state index in [0.29, 0.717) is 12.3 Å². The first-order valence-corrected chi connectivity index (χ1v) is 11.2. The summed E-state index contributed by atoms with van der Waals surface area (Å²) in [5, 5.41) is 13.0. The number of nitrogens with zero attached hydrogens (tertiary/aromatic N) is 1. The van der Waals surface area contributed by atoms with Gasteiger partial charge in [0.05, 0.1) is 18.8 Å². The average molecular weight is 416 g/mol. The lowest BCUT2D eigenvalue weighted by atomic mass is 9.72. The van der Waals surface area contributed by atoms with Gasteiger partial charge in [-0.3, -0.25) is 4.90 Å². The summed E-state index contributed by atoms with van der Waals surface area (Å²) in [6.45, 7) is 10.6. The molecule has 3 nitrogen and oxygen atoms in total. The Morgan fingerprint density at radius 1 is 1.03 bits per heavy atom. The van der Waals surface area contributed by atoms with Crippen LogP contribution in [0.4, 0.5) is 0 Å². The van der Waals surface area contributed by atoms with Gasteiger partial charge in [0.25, 0.3) is 0 Å². The van der Waals surface area contributed by atoms with Crippen molar-refractivity contribution >= 4 is 11.6 Å². The van der Waals surface area contributed by atoms with Crippen molar-refractivity contribution in [2.24, 2.45) is 5.92 Å². The minimum absolute atomic E-state index is 0.0484. The molecule has 0 spiro atoms. The quantitative estimate of drug-likeness (QED) is 0.638. The molecule has 1 aliphatic heterocycles. The maximum Gasteiger partial charge on any atom is 0.0979 e. The van der Waals surface area contributed by atoms with Gasteiger partial charge in [-0.25, -0.2) is 0 Å². The molecule has 0 unspecified atom stereocenters. The van der Waals surface area contributed by atoms with Gasteiger partial charge in [0.15, 0.2) is 0 Å². The second kappa shape index (κ2) is 10.1. The molecule has 2 atom stereocenters. The van der Waals surface area contributed by atoms with E-state index in [1.807, 2.05) is 12.1 Å². The van der Waals surface area contributed by atoms with E-state index >= 15 is 0 Å². The van der Waals surface area contributed by atoms with Crippen molar-refractivity contribution in [1.29, 1.82) is 0 Å². The molecule has 0 saturated carbocycles. The van der Waals surface area contributed by atoms with E-state index in [-0.39, 0.29) is 5.92 Å². The molecule has 1 fully saturated rings. The van der Waals surface area contributed by atoms with Crippen LogP contribution in [0.15, 0.2) is 48.5 Å². The number of ether oxygens (including phenoxy) is 1. The Balaban J connectivity index is 2.03. The molecular weight excluding hydrogens is 382 g/mol. The van der Waals surface area contributed by atoms with Gasteiger partial charge in [-0.15, -0.1) is 0 Å². The van der Waals surface area contributed by atoms with Gasteiger partial charge in [0.1, 0.15) is 0 Å². The Kier molecular flexibility index (Phi) is 7.75. The zero-order chi connectivity index (χ0) is 20.9. The van der Waals surface area contributed by atoms with Crippen LogP contribution in [0.3, 0.4) is 0 Å². The van der Waals surface area contributed by atoms with Gasteiger partial charge in [0, 0.05) is 30.6 Å². The Morgan fingerprint density at radius 3 is 2.21 bits per heavy atom. The van der Waals surface area contributed by atoms with Crippen LogP contribution in [0, 0.1) is 5.92 Å². The summed E-state index contributed by atoms with van der Waals surface area (Å²) in [6.07, 6.45) is 1.70. The molecule has 29 heavy (non-hydrogen) atoms. The van der Waals surface area contributed by atoms with E-state index in [2.05, 4.69) is 62.1 Å². The summed E-state index contributed by atoms with van der Waals surface area (Å²) < 4.78 is 5.54. The van der Waals surface area contributed by atoms with Gasteiger partial charge in [-0.05, 0) is 47.6 Å². The van der Waals surface area contributed by atoms with Gasteiger partial charge in [-0.1, -0.05) is 68.8 Å². The van der Waals surface area contributed by atoms with Crippen LogP contribution in [0.1, 0.15) is 49.8 Å². The van der Waals surface area contributed by atoms with E-state index in [1.54, 1.807) is 0 Å². The van der Waals surface area contributed by atoms with Crippen LogP contribution in [-0.2, 0) is 16.8 Å². The third-order valence-corrected chi connectivity index (χ3v) is 6.23. The molecule has 1 heterocycles. The van der Waals surface area contributed by atoms with Crippen LogP contribution in [0.25, 0.3) is 0 Å². The van der Waals surface area contributed by atoms with Crippen molar-refractivity contribution in [3.63, 3.8) is 0 Å². The second-order valence-electron chi connectivity index (χ2n) is 8.59. The summed E-state index contributed by atoms with van der Waals surface area (Å²) in [5.41, 5.74) is 2.46. The van der Waals surface area contributed by atoms with Crippen LogP contribution < -0.4 is 0 Å². The van der Waals surface area contributed by atoms with E-state index in [0.717, 1.165) is 55.4 Å². The highest BCUT2D eigenvalue weighted by atomic mass is 35.5. The number of aryl methyl sites for hydroxylation is 1. The maximum atomic E-state index is 12.2. The van der Waals surface area contributed by atoms with Crippen LogP contribution in [0.5, 0.6) is 0 Å². The largest absolute Gasteiger partial charge is 0.384 e. The molecule has 1 aliphatic rings. The number of morpholine rings is 1. The summed E-state index contributed by atoms with van der Waals surface area (Å²) in [4.78, 5) is 2.41. The molecule has 0 aliphatic carbocycles. The van der Waals surface area contributed by atoms with Crippen molar-refractivity contribution < 1.29 is 9.84 Å². The fraction of sp³-hybridized carbons (Fsp3) is 0.520. The van der Waals surface area contributed by atoms with Gasteiger partial charge in [-0.2, -0.15) is 0 Å². The molecule has 3 rings (SSSR count). The van der Waals surface area contributed by atoms with E-state index in [1.165, 1.54) is 5.56 Å². The van der Waals surface area contributed by atoms with Crippen LogP contribution >= 0.6 is 11.6 Å². The lowest BCUT2D eigenvalue weighted by Gasteiger charge is -2.42. The third kappa shape index (κ3) is 5.61. The molecule has 0 bridgehead atoms. The van der Waals surface area contributed by atoms with Gasteiger partial charge in [0.2, 0.25) is 0 Å². The molecule has 2 aromatic rings. The lowest BCUT2D eigenvalue weighted by molar-refractivity contribution is -0.0356.